The van der Waals surface area contributed by atoms with Gasteiger partial charge in [0, 0.05) is 13.6 Å². The van der Waals surface area contributed by atoms with E-state index in [9.17, 15) is 19.5 Å². The third kappa shape index (κ3) is 2.99. The third-order valence-electron chi connectivity index (χ3n) is 7.27. The van der Waals surface area contributed by atoms with Crippen LogP contribution in [0.15, 0.2) is 18.2 Å². The van der Waals surface area contributed by atoms with Crippen LogP contribution >= 0.6 is 11.6 Å². The van der Waals surface area contributed by atoms with Crippen molar-refractivity contribution in [2.75, 3.05) is 25.5 Å². The maximum atomic E-state index is 13.6. The first-order chi connectivity index (χ1) is 14.8. The van der Waals surface area contributed by atoms with Gasteiger partial charge in [-0.1, -0.05) is 30.7 Å². The molecule has 5 atom stereocenters. The van der Waals surface area contributed by atoms with E-state index in [-0.39, 0.29) is 25.0 Å². The third-order valence-corrected chi connectivity index (χ3v) is 7.58. The highest BCUT2D eigenvalue weighted by Crippen LogP contribution is 2.64. The Kier molecular flexibility index (Phi) is 5.52. The van der Waals surface area contributed by atoms with Crippen molar-refractivity contribution in [2.24, 2.45) is 11.8 Å². The smallest absolute Gasteiger partial charge is 0.250 e. The summed E-state index contributed by atoms with van der Waals surface area (Å²) in [7, 11) is 1.54. The van der Waals surface area contributed by atoms with E-state index in [4.69, 9.17) is 16.3 Å². The normalized spacial score (nSPS) is 33.5. The van der Waals surface area contributed by atoms with Crippen molar-refractivity contribution in [2.45, 2.75) is 50.4 Å². The fourth-order valence-electron chi connectivity index (χ4n) is 5.90. The number of benzene rings is 1. The molecular weight excluding hydrogens is 422 g/mol. The Morgan fingerprint density at radius 1 is 1.32 bits per heavy atom. The second kappa shape index (κ2) is 7.76. The van der Waals surface area contributed by atoms with Crippen LogP contribution in [0.1, 0.15) is 31.7 Å². The number of aliphatic hydroxyl groups is 1. The molecule has 3 fully saturated rings. The van der Waals surface area contributed by atoms with Crippen LogP contribution in [0, 0.1) is 18.8 Å². The molecule has 0 aliphatic carbocycles. The Hall–Kier alpha value is -2.16. The summed E-state index contributed by atoms with van der Waals surface area (Å²) in [5.74, 6) is -2.45. The predicted octanol–water partition coefficient (Wildman–Crippen LogP) is 1.48. The summed E-state index contributed by atoms with van der Waals surface area (Å²) in [6, 6.07) is 4.34. The van der Waals surface area contributed by atoms with Gasteiger partial charge in [-0.05, 0) is 37.8 Å². The predicted molar refractivity (Wildman–Crippen MR) is 115 cm³/mol. The summed E-state index contributed by atoms with van der Waals surface area (Å²) in [5.41, 5.74) is -0.618. The number of hydrogen-bond donors (Lipinski definition) is 3. The number of carbonyl (C=O) groups is 3. The molecule has 3 N–H and O–H groups in total. The van der Waals surface area contributed by atoms with Crippen LogP contribution < -0.4 is 10.6 Å². The Labute approximate surface area is 186 Å². The van der Waals surface area contributed by atoms with Crippen molar-refractivity contribution < 1.29 is 24.2 Å². The van der Waals surface area contributed by atoms with Crippen molar-refractivity contribution in [3.05, 3.63) is 28.8 Å². The van der Waals surface area contributed by atoms with E-state index in [1.807, 2.05) is 19.9 Å². The van der Waals surface area contributed by atoms with Gasteiger partial charge in [0.05, 0.1) is 34.8 Å². The molecule has 3 heterocycles. The number of nitrogens with one attached hydrogen (secondary N) is 2. The Morgan fingerprint density at radius 3 is 2.68 bits per heavy atom. The number of likely N-dealkylation sites (tertiary alicyclic amines) is 1. The van der Waals surface area contributed by atoms with E-state index in [0.29, 0.717) is 30.0 Å². The molecule has 3 aliphatic heterocycles. The number of nitrogens with zero attached hydrogens (tertiary/aromatic N) is 1. The average molecular weight is 450 g/mol. The summed E-state index contributed by atoms with van der Waals surface area (Å²) < 4.78 is 6.54. The van der Waals surface area contributed by atoms with Gasteiger partial charge in [-0.3, -0.25) is 14.4 Å². The first-order valence-electron chi connectivity index (χ1n) is 10.7. The van der Waals surface area contributed by atoms with Gasteiger partial charge < -0.3 is 25.4 Å². The second-order valence-corrected chi connectivity index (χ2v) is 9.03. The lowest BCUT2D eigenvalue weighted by molar-refractivity contribution is -0.146. The van der Waals surface area contributed by atoms with Gasteiger partial charge in [0.1, 0.15) is 11.6 Å². The summed E-state index contributed by atoms with van der Waals surface area (Å²) in [6.45, 7) is 3.46. The van der Waals surface area contributed by atoms with Gasteiger partial charge in [-0.25, -0.2) is 0 Å². The van der Waals surface area contributed by atoms with E-state index in [1.165, 1.54) is 4.90 Å². The molecule has 0 radical (unpaired) electrons. The summed E-state index contributed by atoms with van der Waals surface area (Å²) >= 11 is 6.30. The minimum atomic E-state index is -1.11. The number of aryl methyl sites for hydroxylation is 1. The van der Waals surface area contributed by atoms with E-state index in [1.54, 1.807) is 19.2 Å². The lowest BCUT2D eigenvalue weighted by Gasteiger charge is -2.33. The number of β-amino-alcohol motifs (C(OH)–C–C–N with tert-alkyl or cyclic N) is 1. The van der Waals surface area contributed by atoms with Crippen molar-refractivity contribution in [3.63, 3.8) is 0 Å². The molecule has 3 aliphatic rings. The van der Waals surface area contributed by atoms with Crippen LogP contribution in [0.25, 0.3) is 0 Å². The number of para-hydroxylation sites is 1. The number of anilines is 1. The van der Waals surface area contributed by atoms with Gasteiger partial charge >= 0.3 is 0 Å². The summed E-state index contributed by atoms with van der Waals surface area (Å²) in [6.07, 6.45) is 1.65. The molecule has 0 saturated carbocycles. The number of rotatable bonds is 6. The fraction of sp³-hybridized carbons (Fsp3) is 0.591. The largest absolute Gasteiger partial charge is 0.395 e. The summed E-state index contributed by atoms with van der Waals surface area (Å²) in [5, 5.41) is 15.5. The molecule has 168 valence electrons. The van der Waals surface area contributed by atoms with Gasteiger partial charge in [-0.2, -0.15) is 0 Å². The Balaban J connectivity index is 1.77. The lowest BCUT2D eigenvalue weighted by Crippen LogP contribution is -2.53. The second-order valence-electron chi connectivity index (χ2n) is 8.62. The molecule has 31 heavy (non-hydrogen) atoms. The molecule has 1 spiro atoms. The molecule has 3 amide bonds. The minimum absolute atomic E-state index is 0.0143. The molecule has 3 saturated heterocycles. The molecule has 0 aromatic heterocycles. The van der Waals surface area contributed by atoms with Gasteiger partial charge in [0.15, 0.2) is 0 Å². The number of carbonyl (C=O) groups excluding carboxylic acids is 3. The molecule has 9 heteroatoms. The maximum absolute atomic E-state index is 13.6. The van der Waals surface area contributed by atoms with Crippen molar-refractivity contribution in [3.8, 4) is 0 Å². The standard InChI is InChI=1S/C22H28ClN3O5/c1-4-21-8-9-22(31-21)15(14(21)18(28)24-3)20(30)26(10-11-27)17(22)19(29)25-16-12(2)6-5-7-13(16)23/h5-7,14-15,17,27H,4,8-11H2,1-3H3,(H,24,28)(H,25,29)/t14-,15+,17?,21+,22?/m1/s1. The quantitative estimate of drug-likeness (QED) is 0.609. The highest BCUT2D eigenvalue weighted by molar-refractivity contribution is 6.34. The molecule has 2 bridgehead atoms. The highest BCUT2D eigenvalue weighted by Gasteiger charge is 2.78. The van der Waals surface area contributed by atoms with E-state index in [0.717, 1.165) is 5.56 Å². The van der Waals surface area contributed by atoms with Crippen molar-refractivity contribution in [1.82, 2.24) is 10.2 Å². The first-order valence-corrected chi connectivity index (χ1v) is 11.0. The monoisotopic (exact) mass is 449 g/mol. The number of hydrogen-bond acceptors (Lipinski definition) is 5. The highest BCUT2D eigenvalue weighted by atomic mass is 35.5. The molecule has 1 aromatic rings. The lowest BCUT2D eigenvalue weighted by atomic mass is 9.65. The number of ether oxygens (including phenoxy) is 1. The van der Waals surface area contributed by atoms with Crippen LogP contribution in [0.3, 0.4) is 0 Å². The molecule has 8 nitrogen and oxygen atoms in total. The summed E-state index contributed by atoms with van der Waals surface area (Å²) in [4.78, 5) is 41.3. The molecular formula is C22H28ClN3O5. The zero-order valence-corrected chi connectivity index (χ0v) is 18.7. The number of halogens is 1. The number of aliphatic hydroxyl groups excluding tert-OH is 1. The Bertz CT molecular complexity index is 919. The van der Waals surface area contributed by atoms with Gasteiger partial charge in [0.2, 0.25) is 17.7 Å². The van der Waals surface area contributed by atoms with Crippen LogP contribution in [-0.4, -0.2) is 65.2 Å². The van der Waals surface area contributed by atoms with Crippen molar-refractivity contribution in [1.29, 1.82) is 0 Å². The maximum Gasteiger partial charge on any atom is 0.250 e. The Morgan fingerprint density at radius 2 is 2.06 bits per heavy atom. The minimum Gasteiger partial charge on any atom is -0.395 e. The van der Waals surface area contributed by atoms with E-state index in [2.05, 4.69) is 10.6 Å². The average Bonchev–Trinajstić information content (AvgIpc) is 3.35. The van der Waals surface area contributed by atoms with E-state index >= 15 is 0 Å². The zero-order chi connectivity index (χ0) is 22.6. The molecule has 1 aromatic carbocycles. The zero-order valence-electron chi connectivity index (χ0n) is 17.9. The van der Waals surface area contributed by atoms with Crippen LogP contribution in [0.4, 0.5) is 5.69 Å². The van der Waals surface area contributed by atoms with Crippen LogP contribution in [0.2, 0.25) is 5.02 Å². The fourth-order valence-corrected chi connectivity index (χ4v) is 6.17. The van der Waals surface area contributed by atoms with Crippen LogP contribution in [0.5, 0.6) is 0 Å². The van der Waals surface area contributed by atoms with Gasteiger partial charge in [0.25, 0.3) is 0 Å². The van der Waals surface area contributed by atoms with E-state index < -0.39 is 35.0 Å². The topological polar surface area (TPSA) is 108 Å². The van der Waals surface area contributed by atoms with Crippen LogP contribution in [-0.2, 0) is 19.1 Å². The SMILES string of the molecule is CC[C@@]12CCC3(O1)C(C(=O)Nc1c(C)cccc1Cl)N(CCO)C(=O)[C@@H]3[C@@H]2C(=O)NC. The first kappa shape index (κ1) is 22.0. The number of fused-ring (bicyclic) bond motifs is 1. The molecule has 2 unspecified atom stereocenters. The number of amides is 3. The van der Waals surface area contributed by atoms with Gasteiger partial charge in [-0.15, -0.1) is 0 Å². The molecule has 4 rings (SSSR count). The van der Waals surface area contributed by atoms with Crippen molar-refractivity contribution >= 4 is 35.0 Å².